The zero-order valence-electron chi connectivity index (χ0n) is 15.4. The molecule has 1 aromatic carbocycles. The lowest BCUT2D eigenvalue weighted by molar-refractivity contribution is -0.128. The van der Waals surface area contributed by atoms with Crippen LogP contribution in [0.2, 0.25) is 0 Å². The van der Waals surface area contributed by atoms with E-state index in [2.05, 4.69) is 71.1 Å². The maximum atomic E-state index is 4.13. The first-order valence-corrected chi connectivity index (χ1v) is 9.60. The minimum atomic E-state index is 0.473. The van der Waals surface area contributed by atoms with E-state index >= 15 is 0 Å². The zero-order chi connectivity index (χ0) is 17.3. The fourth-order valence-electron chi connectivity index (χ4n) is 4.78. The molecule has 1 atom stereocenters. The molecule has 0 amide bonds. The molecule has 3 heterocycles. The van der Waals surface area contributed by atoms with Gasteiger partial charge in [-0.15, -0.1) is 0 Å². The van der Waals surface area contributed by atoms with Crippen molar-refractivity contribution in [2.75, 3.05) is 19.6 Å². The lowest BCUT2D eigenvalue weighted by Crippen LogP contribution is -2.63. The van der Waals surface area contributed by atoms with Gasteiger partial charge >= 0.3 is 0 Å². The summed E-state index contributed by atoms with van der Waals surface area (Å²) in [5.74, 6) is 0. The van der Waals surface area contributed by atoms with Crippen molar-refractivity contribution in [3.63, 3.8) is 0 Å². The standard InChI is InChI=1S/C22H29N3/c1-18(2)25-17-22(21(25)20-6-4-3-5-7-20)10-14-24(15-11-22)16-19-8-12-23-13-9-19/h3-9,12-13,18,21H,10-11,14-17H2,1-2H3. The van der Waals surface area contributed by atoms with Gasteiger partial charge in [0.05, 0.1) is 0 Å². The van der Waals surface area contributed by atoms with Gasteiger partial charge in [0.1, 0.15) is 0 Å². The molecule has 1 spiro atoms. The summed E-state index contributed by atoms with van der Waals surface area (Å²) in [5.41, 5.74) is 3.36. The highest BCUT2D eigenvalue weighted by Crippen LogP contribution is 2.55. The Hall–Kier alpha value is -1.71. The molecule has 2 fully saturated rings. The van der Waals surface area contributed by atoms with Crippen LogP contribution in [0.5, 0.6) is 0 Å². The lowest BCUT2D eigenvalue weighted by Gasteiger charge is -2.62. The van der Waals surface area contributed by atoms with Crippen LogP contribution in [0.1, 0.15) is 43.9 Å². The Labute approximate surface area is 151 Å². The van der Waals surface area contributed by atoms with Crippen LogP contribution in [0.3, 0.4) is 0 Å². The SMILES string of the molecule is CC(C)N1CC2(CCN(Cc3ccncc3)CC2)C1c1ccccc1. The van der Waals surface area contributed by atoms with E-state index < -0.39 is 0 Å². The van der Waals surface area contributed by atoms with Crippen molar-refractivity contribution >= 4 is 0 Å². The molecule has 2 aliphatic heterocycles. The number of piperidine rings is 1. The highest BCUT2D eigenvalue weighted by Gasteiger charge is 2.54. The first kappa shape index (κ1) is 16.7. The average molecular weight is 335 g/mol. The largest absolute Gasteiger partial charge is 0.299 e. The monoisotopic (exact) mass is 335 g/mol. The molecule has 3 nitrogen and oxygen atoms in total. The van der Waals surface area contributed by atoms with Crippen LogP contribution in [0.15, 0.2) is 54.9 Å². The first-order chi connectivity index (χ1) is 12.2. The fourth-order valence-corrected chi connectivity index (χ4v) is 4.78. The Morgan fingerprint density at radius 3 is 2.36 bits per heavy atom. The summed E-state index contributed by atoms with van der Waals surface area (Å²) in [4.78, 5) is 9.43. The molecule has 1 unspecified atom stereocenters. The number of nitrogens with zero attached hydrogens (tertiary/aromatic N) is 3. The average Bonchev–Trinajstić information content (AvgIpc) is 2.62. The lowest BCUT2D eigenvalue weighted by atomic mass is 9.62. The van der Waals surface area contributed by atoms with Crippen molar-refractivity contribution in [2.24, 2.45) is 5.41 Å². The van der Waals surface area contributed by atoms with Crippen LogP contribution in [-0.4, -0.2) is 40.5 Å². The van der Waals surface area contributed by atoms with E-state index in [-0.39, 0.29) is 0 Å². The van der Waals surface area contributed by atoms with Crippen LogP contribution in [0, 0.1) is 5.41 Å². The molecule has 132 valence electrons. The van der Waals surface area contributed by atoms with Gasteiger partial charge in [-0.05, 0) is 63.0 Å². The second-order valence-electron chi connectivity index (χ2n) is 8.07. The van der Waals surface area contributed by atoms with Crippen molar-refractivity contribution in [1.29, 1.82) is 0 Å². The van der Waals surface area contributed by atoms with E-state index in [1.807, 2.05) is 12.4 Å². The van der Waals surface area contributed by atoms with Crippen LogP contribution >= 0.6 is 0 Å². The van der Waals surface area contributed by atoms with Crippen molar-refractivity contribution in [3.05, 3.63) is 66.0 Å². The predicted octanol–water partition coefficient (Wildman–Crippen LogP) is 4.13. The summed E-state index contributed by atoms with van der Waals surface area (Å²) >= 11 is 0. The Morgan fingerprint density at radius 2 is 1.72 bits per heavy atom. The molecule has 2 saturated heterocycles. The molecule has 0 saturated carbocycles. The molecule has 1 aromatic heterocycles. The Bertz CT molecular complexity index is 675. The molecule has 0 N–H and O–H groups in total. The van der Waals surface area contributed by atoms with Gasteiger partial charge in [0.2, 0.25) is 0 Å². The fraction of sp³-hybridized carbons (Fsp3) is 0.500. The van der Waals surface area contributed by atoms with Gasteiger partial charge in [-0.25, -0.2) is 0 Å². The smallest absolute Gasteiger partial charge is 0.0420 e. The maximum Gasteiger partial charge on any atom is 0.0420 e. The van der Waals surface area contributed by atoms with Crippen LogP contribution in [0.4, 0.5) is 0 Å². The summed E-state index contributed by atoms with van der Waals surface area (Å²) in [6, 6.07) is 16.7. The van der Waals surface area contributed by atoms with Gasteiger partial charge in [-0.2, -0.15) is 0 Å². The van der Waals surface area contributed by atoms with Gasteiger partial charge in [-0.1, -0.05) is 30.3 Å². The highest BCUT2D eigenvalue weighted by molar-refractivity contribution is 5.26. The van der Waals surface area contributed by atoms with Gasteiger partial charge in [0, 0.05) is 43.0 Å². The van der Waals surface area contributed by atoms with E-state index in [9.17, 15) is 0 Å². The first-order valence-electron chi connectivity index (χ1n) is 9.60. The molecular weight excluding hydrogens is 306 g/mol. The van der Waals surface area contributed by atoms with Gasteiger partial charge in [-0.3, -0.25) is 14.8 Å². The highest BCUT2D eigenvalue weighted by atomic mass is 15.3. The van der Waals surface area contributed by atoms with E-state index in [1.54, 1.807) is 0 Å². The zero-order valence-corrected chi connectivity index (χ0v) is 15.4. The molecule has 0 radical (unpaired) electrons. The Kier molecular flexibility index (Phi) is 4.61. The molecule has 2 aliphatic rings. The van der Waals surface area contributed by atoms with Crippen molar-refractivity contribution in [2.45, 2.75) is 45.3 Å². The van der Waals surface area contributed by atoms with Crippen LogP contribution < -0.4 is 0 Å². The van der Waals surface area contributed by atoms with Crippen molar-refractivity contribution in [1.82, 2.24) is 14.8 Å². The van der Waals surface area contributed by atoms with E-state index in [0.29, 0.717) is 17.5 Å². The summed E-state index contributed by atoms with van der Waals surface area (Å²) in [6.45, 7) is 9.40. The number of rotatable bonds is 4. The van der Waals surface area contributed by atoms with Gasteiger partial charge in [0.15, 0.2) is 0 Å². The normalized spacial score (nSPS) is 23.7. The maximum absolute atomic E-state index is 4.13. The topological polar surface area (TPSA) is 19.4 Å². The molecule has 2 aromatic rings. The summed E-state index contributed by atoms with van der Waals surface area (Å²) in [5, 5.41) is 0. The Morgan fingerprint density at radius 1 is 1.04 bits per heavy atom. The van der Waals surface area contributed by atoms with E-state index in [0.717, 1.165) is 6.54 Å². The molecule has 25 heavy (non-hydrogen) atoms. The minimum absolute atomic E-state index is 0.473. The van der Waals surface area contributed by atoms with E-state index in [4.69, 9.17) is 0 Å². The van der Waals surface area contributed by atoms with Crippen LogP contribution in [-0.2, 0) is 6.54 Å². The second kappa shape index (κ2) is 6.89. The Balaban J connectivity index is 1.46. The molecule has 4 rings (SSSR count). The third-order valence-corrected chi connectivity index (χ3v) is 6.20. The summed E-state index contributed by atoms with van der Waals surface area (Å²) < 4.78 is 0. The number of hydrogen-bond acceptors (Lipinski definition) is 3. The third kappa shape index (κ3) is 3.23. The molecule has 0 bridgehead atoms. The summed E-state index contributed by atoms with van der Waals surface area (Å²) in [6.07, 6.45) is 6.42. The number of likely N-dealkylation sites (tertiary alicyclic amines) is 2. The molecular formula is C22H29N3. The number of pyridine rings is 1. The quantitative estimate of drug-likeness (QED) is 0.837. The molecule has 0 aliphatic carbocycles. The number of aromatic nitrogens is 1. The van der Waals surface area contributed by atoms with Crippen molar-refractivity contribution in [3.8, 4) is 0 Å². The predicted molar refractivity (Wildman–Crippen MR) is 102 cm³/mol. The number of hydrogen-bond donors (Lipinski definition) is 0. The molecule has 3 heteroatoms. The minimum Gasteiger partial charge on any atom is -0.299 e. The van der Waals surface area contributed by atoms with E-state index in [1.165, 1.54) is 43.6 Å². The third-order valence-electron chi connectivity index (χ3n) is 6.20. The van der Waals surface area contributed by atoms with Crippen LogP contribution in [0.25, 0.3) is 0 Å². The second-order valence-corrected chi connectivity index (χ2v) is 8.07. The number of benzene rings is 1. The van der Waals surface area contributed by atoms with Gasteiger partial charge in [0.25, 0.3) is 0 Å². The summed E-state index contributed by atoms with van der Waals surface area (Å²) in [7, 11) is 0. The van der Waals surface area contributed by atoms with Crippen molar-refractivity contribution < 1.29 is 0 Å². The van der Waals surface area contributed by atoms with Gasteiger partial charge < -0.3 is 0 Å².